The number of hydrogen-bond donors (Lipinski definition) is 1. The minimum Gasteiger partial charge on any atom is -0.481 e. The third-order valence-electron chi connectivity index (χ3n) is 3.34. The molecule has 1 aromatic carbocycles. The van der Waals surface area contributed by atoms with Crippen LogP contribution >= 0.6 is 11.8 Å². The third-order valence-corrected chi connectivity index (χ3v) is 4.65. The highest BCUT2D eigenvalue weighted by Crippen LogP contribution is 2.22. The van der Waals surface area contributed by atoms with Crippen LogP contribution in [-0.4, -0.2) is 45.8 Å². The first-order valence-corrected chi connectivity index (χ1v) is 7.93. The number of rotatable bonds is 7. The molecule has 0 bridgehead atoms. The minimum absolute atomic E-state index is 0.237. The van der Waals surface area contributed by atoms with Crippen molar-refractivity contribution in [3.63, 3.8) is 0 Å². The lowest BCUT2D eigenvalue weighted by molar-refractivity contribution is -0.140. The highest BCUT2D eigenvalue weighted by Gasteiger charge is 2.34. The van der Waals surface area contributed by atoms with Crippen molar-refractivity contribution in [1.29, 1.82) is 0 Å². The van der Waals surface area contributed by atoms with Crippen molar-refractivity contribution < 1.29 is 19.5 Å². The normalized spacial score (nSPS) is 15.2. The average Bonchev–Trinajstić information content (AvgIpc) is 2.71. The van der Waals surface area contributed by atoms with Gasteiger partial charge in [-0.2, -0.15) is 11.8 Å². The predicted molar refractivity (Wildman–Crippen MR) is 80.6 cm³/mol. The van der Waals surface area contributed by atoms with Gasteiger partial charge in [0.1, 0.15) is 0 Å². The molecule has 6 heteroatoms. The SMILES string of the molecule is CC(CSCCCN1C(=O)c2ccccc2C1=O)C(=O)O. The number of thioether (sulfide) groups is 1. The second-order valence-electron chi connectivity index (χ2n) is 4.98. The Morgan fingerprint density at radius 2 is 1.81 bits per heavy atom. The van der Waals surface area contributed by atoms with Crippen molar-refractivity contribution in [3.05, 3.63) is 35.4 Å². The molecule has 0 saturated carbocycles. The average molecular weight is 307 g/mol. The van der Waals surface area contributed by atoms with E-state index in [0.717, 1.165) is 5.75 Å². The Kier molecular flexibility index (Phi) is 5.01. The van der Waals surface area contributed by atoms with Crippen LogP contribution in [0.4, 0.5) is 0 Å². The molecule has 2 amide bonds. The number of carbonyl (C=O) groups excluding carboxylic acids is 2. The van der Waals surface area contributed by atoms with Gasteiger partial charge in [-0.15, -0.1) is 0 Å². The topological polar surface area (TPSA) is 74.7 Å². The number of carboxylic acids is 1. The van der Waals surface area contributed by atoms with Crippen LogP contribution in [0.2, 0.25) is 0 Å². The lowest BCUT2D eigenvalue weighted by Gasteiger charge is -2.13. The molecule has 5 nitrogen and oxygen atoms in total. The van der Waals surface area contributed by atoms with Crippen LogP contribution in [-0.2, 0) is 4.79 Å². The zero-order valence-corrected chi connectivity index (χ0v) is 12.6. The van der Waals surface area contributed by atoms with Gasteiger partial charge in [0.25, 0.3) is 11.8 Å². The molecular weight excluding hydrogens is 290 g/mol. The maximum atomic E-state index is 12.1. The van der Waals surface area contributed by atoms with Crippen molar-refractivity contribution in [2.24, 2.45) is 5.92 Å². The van der Waals surface area contributed by atoms with Crippen LogP contribution in [0, 0.1) is 5.92 Å². The molecule has 1 aliphatic rings. The van der Waals surface area contributed by atoms with Gasteiger partial charge in [-0.3, -0.25) is 19.3 Å². The number of carbonyl (C=O) groups is 3. The Bertz CT molecular complexity index is 538. The number of nitrogens with zero attached hydrogens (tertiary/aromatic N) is 1. The van der Waals surface area contributed by atoms with Gasteiger partial charge < -0.3 is 5.11 Å². The van der Waals surface area contributed by atoms with Crippen LogP contribution in [0.25, 0.3) is 0 Å². The lowest BCUT2D eigenvalue weighted by Crippen LogP contribution is -2.31. The largest absolute Gasteiger partial charge is 0.481 e. The van der Waals surface area contributed by atoms with Gasteiger partial charge in [-0.25, -0.2) is 0 Å². The molecule has 112 valence electrons. The van der Waals surface area contributed by atoms with Crippen LogP contribution < -0.4 is 0 Å². The first kappa shape index (κ1) is 15.6. The zero-order valence-electron chi connectivity index (χ0n) is 11.7. The van der Waals surface area contributed by atoms with E-state index in [1.165, 1.54) is 16.7 Å². The maximum Gasteiger partial charge on any atom is 0.307 e. The first-order valence-electron chi connectivity index (χ1n) is 6.78. The monoisotopic (exact) mass is 307 g/mol. The van der Waals surface area contributed by atoms with Crippen LogP contribution in [0.1, 0.15) is 34.1 Å². The van der Waals surface area contributed by atoms with Crippen molar-refractivity contribution in [3.8, 4) is 0 Å². The fraction of sp³-hybridized carbons (Fsp3) is 0.400. The van der Waals surface area contributed by atoms with Gasteiger partial charge in [0.15, 0.2) is 0 Å². The van der Waals surface area contributed by atoms with Gasteiger partial charge in [-0.1, -0.05) is 19.1 Å². The van der Waals surface area contributed by atoms with Crippen molar-refractivity contribution in [1.82, 2.24) is 4.90 Å². The molecule has 21 heavy (non-hydrogen) atoms. The Morgan fingerprint density at radius 1 is 1.24 bits per heavy atom. The van der Waals surface area contributed by atoms with Gasteiger partial charge >= 0.3 is 5.97 Å². The van der Waals surface area contributed by atoms with Gasteiger partial charge in [0.05, 0.1) is 17.0 Å². The highest BCUT2D eigenvalue weighted by molar-refractivity contribution is 7.99. The van der Waals surface area contributed by atoms with Crippen molar-refractivity contribution >= 4 is 29.5 Å². The summed E-state index contributed by atoms with van der Waals surface area (Å²) in [7, 11) is 0. The van der Waals surface area contributed by atoms with E-state index in [0.29, 0.717) is 29.8 Å². The Hall–Kier alpha value is -1.82. The van der Waals surface area contributed by atoms with Crippen molar-refractivity contribution in [2.45, 2.75) is 13.3 Å². The molecule has 0 radical (unpaired) electrons. The third kappa shape index (κ3) is 3.44. The summed E-state index contributed by atoms with van der Waals surface area (Å²) in [6, 6.07) is 6.82. The Labute approximate surface area is 127 Å². The fourth-order valence-corrected chi connectivity index (χ4v) is 3.09. The van der Waals surface area contributed by atoms with Crippen LogP contribution in [0.5, 0.6) is 0 Å². The quantitative estimate of drug-likeness (QED) is 0.617. The second kappa shape index (κ2) is 6.76. The highest BCUT2D eigenvalue weighted by atomic mass is 32.2. The molecule has 2 rings (SSSR count). The predicted octanol–water partition coefficient (Wildman–Crippen LogP) is 2.13. The molecule has 0 saturated heterocycles. The standard InChI is InChI=1S/C15H17NO4S/c1-10(15(19)20)9-21-8-4-7-16-13(17)11-5-2-3-6-12(11)14(16)18/h2-3,5-6,10H,4,7-9H2,1H3,(H,19,20). The second-order valence-corrected chi connectivity index (χ2v) is 6.13. The summed E-state index contributed by atoms with van der Waals surface area (Å²) in [5, 5.41) is 8.77. The van der Waals surface area contributed by atoms with E-state index in [-0.39, 0.29) is 17.7 Å². The Balaban J connectivity index is 1.79. The molecule has 1 aliphatic heterocycles. The molecule has 1 unspecified atom stereocenters. The number of fused-ring (bicyclic) bond motifs is 1. The molecule has 0 aromatic heterocycles. The van der Waals surface area contributed by atoms with Gasteiger partial charge in [-0.05, 0) is 24.3 Å². The molecule has 0 aliphatic carbocycles. The number of benzene rings is 1. The molecule has 1 heterocycles. The number of aliphatic carboxylic acids is 1. The molecule has 0 fully saturated rings. The number of hydrogen-bond acceptors (Lipinski definition) is 4. The number of amides is 2. The molecular formula is C15H17NO4S. The lowest BCUT2D eigenvalue weighted by atomic mass is 10.1. The zero-order chi connectivity index (χ0) is 15.4. The van der Waals surface area contributed by atoms with Gasteiger partial charge in [0, 0.05) is 12.3 Å². The van der Waals surface area contributed by atoms with E-state index in [1.54, 1.807) is 31.2 Å². The van der Waals surface area contributed by atoms with E-state index in [1.807, 2.05) is 0 Å². The summed E-state index contributed by atoms with van der Waals surface area (Å²) >= 11 is 1.53. The van der Waals surface area contributed by atoms with E-state index in [2.05, 4.69) is 0 Å². The van der Waals surface area contributed by atoms with Gasteiger partial charge in [0.2, 0.25) is 0 Å². The summed E-state index contributed by atoms with van der Waals surface area (Å²) in [5.74, 6) is -0.390. The van der Waals surface area contributed by atoms with Crippen molar-refractivity contribution in [2.75, 3.05) is 18.1 Å². The number of imide groups is 1. The van der Waals surface area contributed by atoms with E-state index >= 15 is 0 Å². The summed E-state index contributed by atoms with van der Waals surface area (Å²) in [4.78, 5) is 36.1. The molecule has 1 atom stereocenters. The van der Waals surface area contributed by atoms with Crippen LogP contribution in [0.15, 0.2) is 24.3 Å². The molecule has 1 aromatic rings. The summed E-state index contributed by atoms with van der Waals surface area (Å²) in [5.41, 5.74) is 0.935. The molecule has 0 spiro atoms. The van der Waals surface area contributed by atoms with Crippen LogP contribution in [0.3, 0.4) is 0 Å². The summed E-state index contributed by atoms with van der Waals surface area (Å²) in [6.45, 7) is 2.04. The summed E-state index contributed by atoms with van der Waals surface area (Å²) in [6.07, 6.45) is 0.669. The fourth-order valence-electron chi connectivity index (χ4n) is 2.10. The van der Waals surface area contributed by atoms with E-state index in [4.69, 9.17) is 5.11 Å². The maximum absolute atomic E-state index is 12.1. The van der Waals surface area contributed by atoms with E-state index in [9.17, 15) is 14.4 Å². The van der Waals surface area contributed by atoms with E-state index < -0.39 is 5.97 Å². The number of carboxylic acid groups (broad SMARTS) is 1. The minimum atomic E-state index is -0.803. The summed E-state index contributed by atoms with van der Waals surface area (Å²) < 4.78 is 0. The smallest absolute Gasteiger partial charge is 0.307 e. The molecule has 1 N–H and O–H groups in total. The first-order chi connectivity index (χ1) is 10.0. The Morgan fingerprint density at radius 3 is 2.33 bits per heavy atom.